The first-order valence-electron chi connectivity index (χ1n) is 16.9. The number of rotatable bonds is 10. The highest BCUT2D eigenvalue weighted by molar-refractivity contribution is 5.80. The van der Waals surface area contributed by atoms with Crippen molar-refractivity contribution in [1.29, 1.82) is 0 Å². The smallest absolute Gasteiger partial charge is 0.408 e. The molecular formula is C37H55NO4. The Morgan fingerprint density at radius 1 is 1.00 bits per heavy atom. The number of benzene rings is 1. The minimum absolute atomic E-state index is 0.191. The fourth-order valence-electron chi connectivity index (χ4n) is 10.1. The molecular weight excluding hydrogens is 522 g/mol. The van der Waals surface area contributed by atoms with Gasteiger partial charge in [-0.25, -0.2) is 9.59 Å². The maximum atomic E-state index is 12.8. The topological polar surface area (TPSA) is 75.6 Å². The summed E-state index contributed by atoms with van der Waals surface area (Å²) >= 11 is 0. The lowest BCUT2D eigenvalue weighted by Crippen LogP contribution is -2.51. The van der Waals surface area contributed by atoms with Gasteiger partial charge >= 0.3 is 12.1 Å². The maximum absolute atomic E-state index is 12.8. The number of allylic oxidation sites excluding steroid dienone is 1. The monoisotopic (exact) mass is 577 g/mol. The standard InChI is InChI=1S/C37H55NO4/c1-24(2)10-9-11-25(3)30-16-17-31-29-15-14-27-23-28(18-20-36(27,4)32(29)19-21-37(30,31)5)42-35(41)38-33(34(39)40)22-26-12-7-6-8-13-26/h6-8,12-14,24-25,28-33H,9-11,15-23H2,1-5H3,(H,38,41)(H,39,40)/t25-,28+,29+,30-,31+,32+,33-,36+,37-/m1/s1. The molecule has 5 nitrogen and oxygen atoms in total. The number of carbonyl (C=O) groups excluding carboxylic acids is 1. The molecule has 4 aliphatic rings. The van der Waals surface area contributed by atoms with E-state index in [1.54, 1.807) is 0 Å². The molecule has 3 saturated carbocycles. The van der Waals surface area contributed by atoms with E-state index in [0.717, 1.165) is 60.3 Å². The number of aliphatic carboxylic acids is 1. The van der Waals surface area contributed by atoms with Gasteiger partial charge in [0.25, 0.3) is 0 Å². The summed E-state index contributed by atoms with van der Waals surface area (Å²) in [5, 5.41) is 12.3. The van der Waals surface area contributed by atoms with E-state index in [9.17, 15) is 14.7 Å². The zero-order valence-electron chi connectivity index (χ0n) is 26.7. The largest absolute Gasteiger partial charge is 0.480 e. The highest BCUT2D eigenvalue weighted by Gasteiger charge is 2.59. The summed E-state index contributed by atoms with van der Waals surface area (Å²) in [7, 11) is 0. The van der Waals surface area contributed by atoms with Crippen LogP contribution in [0.3, 0.4) is 0 Å². The van der Waals surface area contributed by atoms with E-state index in [0.29, 0.717) is 5.41 Å². The minimum Gasteiger partial charge on any atom is -0.480 e. The summed E-state index contributed by atoms with van der Waals surface area (Å²) in [6, 6.07) is 8.40. The van der Waals surface area contributed by atoms with Gasteiger partial charge in [-0.1, -0.05) is 95.9 Å². The fraction of sp³-hybridized carbons (Fsp3) is 0.730. The second-order valence-electron chi connectivity index (χ2n) is 15.3. The summed E-state index contributed by atoms with van der Waals surface area (Å²) in [6.45, 7) is 12.4. The van der Waals surface area contributed by atoms with Crippen molar-refractivity contribution in [2.75, 3.05) is 0 Å². The molecule has 9 atom stereocenters. The third kappa shape index (κ3) is 6.31. The molecule has 0 heterocycles. The quantitative estimate of drug-likeness (QED) is 0.272. The van der Waals surface area contributed by atoms with Crippen molar-refractivity contribution in [3.8, 4) is 0 Å². The summed E-state index contributed by atoms with van der Waals surface area (Å²) < 4.78 is 5.86. The Labute approximate surface area is 254 Å². The first-order chi connectivity index (χ1) is 20.0. The fourth-order valence-corrected chi connectivity index (χ4v) is 10.1. The van der Waals surface area contributed by atoms with Crippen LogP contribution in [-0.4, -0.2) is 29.3 Å². The molecule has 5 heteroatoms. The van der Waals surface area contributed by atoms with Crippen LogP contribution >= 0.6 is 0 Å². The Morgan fingerprint density at radius 2 is 1.76 bits per heavy atom. The van der Waals surface area contributed by atoms with Crippen LogP contribution in [0, 0.1) is 46.3 Å². The summed E-state index contributed by atoms with van der Waals surface area (Å²) in [4.78, 5) is 24.7. The van der Waals surface area contributed by atoms with Gasteiger partial charge in [-0.15, -0.1) is 0 Å². The van der Waals surface area contributed by atoms with Crippen LogP contribution in [0.5, 0.6) is 0 Å². The van der Waals surface area contributed by atoms with Crippen molar-refractivity contribution in [3.63, 3.8) is 0 Å². The first kappa shape index (κ1) is 31.1. The van der Waals surface area contributed by atoms with Crippen LogP contribution in [0.2, 0.25) is 0 Å². The number of nitrogens with one attached hydrogen (secondary N) is 1. The molecule has 5 rings (SSSR count). The molecule has 0 aliphatic heterocycles. The Morgan fingerprint density at radius 3 is 2.48 bits per heavy atom. The highest BCUT2D eigenvalue weighted by Crippen LogP contribution is 2.67. The van der Waals surface area contributed by atoms with Crippen LogP contribution in [0.4, 0.5) is 4.79 Å². The Kier molecular flexibility index (Phi) is 9.45. The molecule has 0 radical (unpaired) electrons. The Hall–Kier alpha value is -2.30. The first-order valence-corrected chi connectivity index (χ1v) is 16.9. The number of amides is 1. The highest BCUT2D eigenvalue weighted by atomic mass is 16.6. The predicted octanol–water partition coefficient (Wildman–Crippen LogP) is 8.82. The molecule has 0 aromatic heterocycles. The second-order valence-corrected chi connectivity index (χ2v) is 15.3. The molecule has 1 amide bonds. The van der Waals surface area contributed by atoms with Crippen LogP contribution in [0.15, 0.2) is 42.0 Å². The van der Waals surface area contributed by atoms with E-state index in [2.05, 4.69) is 46.0 Å². The number of hydrogen-bond donors (Lipinski definition) is 2. The van der Waals surface area contributed by atoms with Crippen molar-refractivity contribution < 1.29 is 19.4 Å². The lowest BCUT2D eigenvalue weighted by molar-refractivity contribution is -0.139. The van der Waals surface area contributed by atoms with Gasteiger partial charge in [0.15, 0.2) is 0 Å². The zero-order valence-corrected chi connectivity index (χ0v) is 26.7. The van der Waals surface area contributed by atoms with Crippen LogP contribution in [-0.2, 0) is 16.0 Å². The van der Waals surface area contributed by atoms with Crippen LogP contribution in [0.1, 0.15) is 111 Å². The van der Waals surface area contributed by atoms with Crippen molar-refractivity contribution in [2.45, 2.75) is 124 Å². The van der Waals surface area contributed by atoms with E-state index in [4.69, 9.17) is 4.74 Å². The van der Waals surface area contributed by atoms with Gasteiger partial charge in [0, 0.05) is 12.8 Å². The molecule has 2 N–H and O–H groups in total. The van der Waals surface area contributed by atoms with Gasteiger partial charge in [-0.05, 0) is 96.8 Å². The van der Waals surface area contributed by atoms with E-state index < -0.39 is 18.1 Å². The van der Waals surface area contributed by atoms with Crippen LogP contribution < -0.4 is 5.32 Å². The molecule has 0 bridgehead atoms. The van der Waals surface area contributed by atoms with E-state index in [1.807, 2.05) is 30.3 Å². The van der Waals surface area contributed by atoms with Gasteiger partial charge in [0.1, 0.15) is 12.1 Å². The average Bonchev–Trinajstić information content (AvgIpc) is 3.30. The number of carboxylic acids is 1. The number of alkyl carbamates (subject to hydrolysis) is 1. The Bertz CT molecular complexity index is 1130. The second kappa shape index (κ2) is 12.7. The number of hydrogen-bond acceptors (Lipinski definition) is 3. The normalized spacial score (nSPS) is 35.3. The van der Waals surface area contributed by atoms with E-state index in [1.165, 1.54) is 56.9 Å². The van der Waals surface area contributed by atoms with E-state index >= 15 is 0 Å². The van der Waals surface area contributed by atoms with Gasteiger partial charge in [0.05, 0.1) is 0 Å². The summed E-state index contributed by atoms with van der Waals surface area (Å²) in [5.41, 5.74) is 3.03. The van der Waals surface area contributed by atoms with Crippen molar-refractivity contribution in [2.24, 2.45) is 46.3 Å². The van der Waals surface area contributed by atoms with E-state index in [-0.39, 0.29) is 17.9 Å². The Balaban J connectivity index is 1.19. The number of fused-ring (bicyclic) bond motifs is 5. The van der Waals surface area contributed by atoms with Gasteiger partial charge < -0.3 is 15.2 Å². The van der Waals surface area contributed by atoms with Gasteiger partial charge in [0.2, 0.25) is 0 Å². The maximum Gasteiger partial charge on any atom is 0.408 e. The molecule has 0 unspecified atom stereocenters. The third-order valence-electron chi connectivity index (χ3n) is 12.4. The van der Waals surface area contributed by atoms with Crippen molar-refractivity contribution in [1.82, 2.24) is 5.32 Å². The molecule has 1 aromatic rings. The lowest BCUT2D eigenvalue weighted by atomic mass is 9.47. The SMILES string of the molecule is CC(C)CCC[C@@H](C)[C@H]1CC[C@H]2[C@@H]3CC=C4C[C@@H](OC(=O)N[C@H](Cc5ccccc5)C(=O)O)CC[C@]4(C)[C@H]3CC[C@]12C. The molecule has 4 aliphatic carbocycles. The molecule has 0 spiro atoms. The van der Waals surface area contributed by atoms with Crippen molar-refractivity contribution in [3.05, 3.63) is 47.5 Å². The van der Waals surface area contributed by atoms with Gasteiger partial charge in [-0.2, -0.15) is 0 Å². The average molecular weight is 578 g/mol. The summed E-state index contributed by atoms with van der Waals surface area (Å²) in [5.74, 6) is 3.79. The minimum atomic E-state index is -1.04. The molecule has 1 aromatic carbocycles. The lowest BCUT2D eigenvalue weighted by Gasteiger charge is -2.58. The van der Waals surface area contributed by atoms with Crippen molar-refractivity contribution >= 4 is 12.1 Å². The molecule has 42 heavy (non-hydrogen) atoms. The van der Waals surface area contributed by atoms with Gasteiger partial charge in [-0.3, -0.25) is 0 Å². The molecule has 0 saturated heterocycles. The number of ether oxygens (including phenoxy) is 1. The predicted molar refractivity (Wildman–Crippen MR) is 168 cm³/mol. The van der Waals surface area contributed by atoms with Crippen LogP contribution in [0.25, 0.3) is 0 Å². The zero-order chi connectivity index (χ0) is 30.1. The third-order valence-corrected chi connectivity index (χ3v) is 12.4. The number of carbonyl (C=O) groups is 2. The summed E-state index contributed by atoms with van der Waals surface area (Å²) in [6.07, 6.45) is 15.4. The molecule has 3 fully saturated rings. The number of carboxylic acid groups (broad SMARTS) is 1. The molecule has 232 valence electrons.